The molecule has 4 atom stereocenters. The van der Waals surface area contributed by atoms with Gasteiger partial charge >= 0.3 is 6.09 Å². The molecule has 1 amide bonds. The second kappa shape index (κ2) is 6.98. The first-order chi connectivity index (χ1) is 10.6. The Morgan fingerprint density at radius 3 is 2.52 bits per heavy atom. The molecule has 2 rings (SSSR count). The summed E-state index contributed by atoms with van der Waals surface area (Å²) in [4.78, 5) is 12.0. The van der Waals surface area contributed by atoms with Crippen molar-refractivity contribution in [3.05, 3.63) is 0 Å². The highest BCUT2D eigenvalue weighted by molar-refractivity contribution is 5.68. The highest BCUT2D eigenvalue weighted by Gasteiger charge is 2.45. The lowest BCUT2D eigenvalue weighted by Crippen LogP contribution is -2.67. The molecule has 0 spiro atoms. The zero-order valence-corrected chi connectivity index (χ0v) is 15.6. The normalized spacial score (nSPS) is 33.1. The number of nitrogens with one attached hydrogen (secondary N) is 2. The minimum absolute atomic E-state index is 0.0881. The van der Waals surface area contributed by atoms with E-state index in [-0.39, 0.29) is 24.3 Å². The number of amides is 1. The van der Waals surface area contributed by atoms with Gasteiger partial charge in [0.2, 0.25) is 0 Å². The van der Waals surface area contributed by atoms with Crippen molar-refractivity contribution in [2.75, 3.05) is 6.61 Å². The van der Waals surface area contributed by atoms with Crippen molar-refractivity contribution in [1.29, 1.82) is 0 Å². The van der Waals surface area contributed by atoms with Crippen molar-refractivity contribution in [3.8, 4) is 0 Å². The van der Waals surface area contributed by atoms with Gasteiger partial charge in [-0.15, -0.1) is 0 Å². The summed E-state index contributed by atoms with van der Waals surface area (Å²) in [7, 11) is 0. The predicted molar refractivity (Wildman–Crippen MR) is 91.5 cm³/mol. The topological polar surface area (TPSA) is 59.6 Å². The molecule has 4 unspecified atom stereocenters. The summed E-state index contributed by atoms with van der Waals surface area (Å²) < 4.78 is 11.2. The molecule has 0 aromatic rings. The van der Waals surface area contributed by atoms with Gasteiger partial charge in [-0.2, -0.15) is 0 Å². The van der Waals surface area contributed by atoms with Crippen LogP contribution in [-0.4, -0.2) is 42.5 Å². The first-order valence-corrected chi connectivity index (χ1v) is 8.97. The van der Waals surface area contributed by atoms with Crippen LogP contribution in [0.5, 0.6) is 0 Å². The largest absolute Gasteiger partial charge is 0.444 e. The Morgan fingerprint density at radius 2 is 2.00 bits per heavy atom. The second-order valence-electron chi connectivity index (χ2n) is 8.78. The Balaban J connectivity index is 1.88. The summed E-state index contributed by atoms with van der Waals surface area (Å²) in [5.74, 6) is 0. The van der Waals surface area contributed by atoms with Gasteiger partial charge in [0.05, 0.1) is 18.2 Å². The van der Waals surface area contributed by atoms with Crippen LogP contribution in [0.1, 0.15) is 67.2 Å². The Hall–Kier alpha value is -0.810. The Morgan fingerprint density at radius 1 is 1.30 bits per heavy atom. The number of hydrogen-bond donors (Lipinski definition) is 2. The molecule has 2 aliphatic rings. The molecule has 0 aromatic heterocycles. The van der Waals surface area contributed by atoms with Gasteiger partial charge in [0.15, 0.2) is 0 Å². The summed E-state index contributed by atoms with van der Waals surface area (Å²) in [6.07, 6.45) is 4.32. The molecule has 2 aliphatic carbocycles. The third-order valence-corrected chi connectivity index (χ3v) is 4.80. The van der Waals surface area contributed by atoms with Crippen LogP contribution in [-0.2, 0) is 9.47 Å². The van der Waals surface area contributed by atoms with Crippen LogP contribution in [0.2, 0.25) is 0 Å². The van der Waals surface area contributed by atoms with Crippen LogP contribution in [0.4, 0.5) is 4.79 Å². The zero-order valence-electron chi connectivity index (χ0n) is 15.6. The van der Waals surface area contributed by atoms with E-state index in [0.717, 1.165) is 6.42 Å². The fourth-order valence-corrected chi connectivity index (χ4v) is 3.67. The van der Waals surface area contributed by atoms with E-state index >= 15 is 0 Å². The quantitative estimate of drug-likeness (QED) is 0.814. The second-order valence-corrected chi connectivity index (χ2v) is 8.78. The van der Waals surface area contributed by atoms with E-state index in [1.807, 2.05) is 27.7 Å². The van der Waals surface area contributed by atoms with Crippen molar-refractivity contribution in [2.24, 2.45) is 5.41 Å². The van der Waals surface area contributed by atoms with Gasteiger partial charge < -0.3 is 20.1 Å². The fraction of sp³-hybridized carbons (Fsp3) is 0.944. The van der Waals surface area contributed by atoms with Crippen molar-refractivity contribution >= 4 is 6.09 Å². The van der Waals surface area contributed by atoms with Crippen LogP contribution in [0, 0.1) is 5.41 Å². The number of carbonyl (C=O) groups is 1. The molecule has 2 saturated carbocycles. The molecular formula is C18H34N2O3. The lowest BCUT2D eigenvalue weighted by atomic mass is 9.82. The Kier molecular flexibility index (Phi) is 5.62. The molecule has 0 radical (unpaired) electrons. The standard InChI is InChI=1S/C18H34N2O3/c1-7-22-14-10-13(20-16(21)23-17(2,3)4)15(14)19-12-8-9-18(5,6)11-12/h12-15,19H,7-11H2,1-6H3,(H,20,21). The molecule has 0 bridgehead atoms. The molecule has 0 aromatic carbocycles. The van der Waals surface area contributed by atoms with E-state index in [2.05, 4.69) is 24.5 Å². The molecule has 134 valence electrons. The van der Waals surface area contributed by atoms with E-state index in [4.69, 9.17) is 9.47 Å². The molecule has 5 heteroatoms. The minimum atomic E-state index is -0.467. The smallest absolute Gasteiger partial charge is 0.407 e. The third kappa shape index (κ3) is 5.35. The van der Waals surface area contributed by atoms with Crippen LogP contribution in [0.15, 0.2) is 0 Å². The zero-order chi connectivity index (χ0) is 17.3. The summed E-state index contributed by atoms with van der Waals surface area (Å²) >= 11 is 0. The van der Waals surface area contributed by atoms with Crippen LogP contribution in [0.25, 0.3) is 0 Å². The third-order valence-electron chi connectivity index (χ3n) is 4.80. The average Bonchev–Trinajstić information content (AvgIpc) is 2.72. The van der Waals surface area contributed by atoms with E-state index in [9.17, 15) is 4.79 Å². The van der Waals surface area contributed by atoms with E-state index in [1.165, 1.54) is 19.3 Å². The van der Waals surface area contributed by atoms with Gasteiger partial charge in [0.25, 0.3) is 0 Å². The molecule has 2 fully saturated rings. The lowest BCUT2D eigenvalue weighted by molar-refractivity contribution is -0.0467. The first kappa shape index (κ1) is 18.5. The molecular weight excluding hydrogens is 292 g/mol. The summed E-state index contributed by atoms with van der Waals surface area (Å²) in [5.41, 5.74) is -0.0534. The predicted octanol–water partition coefficient (Wildman–Crippen LogP) is 3.23. The minimum Gasteiger partial charge on any atom is -0.444 e. The van der Waals surface area contributed by atoms with Crippen molar-refractivity contribution in [2.45, 2.75) is 97.1 Å². The van der Waals surface area contributed by atoms with E-state index in [1.54, 1.807) is 0 Å². The van der Waals surface area contributed by atoms with Crippen LogP contribution >= 0.6 is 0 Å². The van der Waals surface area contributed by atoms with Gasteiger partial charge in [-0.3, -0.25) is 0 Å². The Labute approximate surface area is 140 Å². The van der Waals surface area contributed by atoms with Gasteiger partial charge in [-0.25, -0.2) is 4.79 Å². The van der Waals surface area contributed by atoms with Gasteiger partial charge in [0, 0.05) is 12.6 Å². The molecule has 2 N–H and O–H groups in total. The molecule has 5 nitrogen and oxygen atoms in total. The van der Waals surface area contributed by atoms with E-state index in [0.29, 0.717) is 18.1 Å². The van der Waals surface area contributed by atoms with Crippen molar-refractivity contribution < 1.29 is 14.3 Å². The van der Waals surface area contributed by atoms with Crippen molar-refractivity contribution in [1.82, 2.24) is 10.6 Å². The maximum atomic E-state index is 12.0. The fourth-order valence-electron chi connectivity index (χ4n) is 3.67. The van der Waals surface area contributed by atoms with Crippen LogP contribution in [0.3, 0.4) is 0 Å². The highest BCUT2D eigenvalue weighted by atomic mass is 16.6. The first-order valence-electron chi connectivity index (χ1n) is 8.97. The summed E-state index contributed by atoms with van der Waals surface area (Å²) in [5, 5.41) is 6.73. The number of ether oxygens (including phenoxy) is 2. The monoisotopic (exact) mass is 326 g/mol. The molecule has 0 saturated heterocycles. The van der Waals surface area contributed by atoms with Crippen molar-refractivity contribution in [3.63, 3.8) is 0 Å². The lowest BCUT2D eigenvalue weighted by Gasteiger charge is -2.46. The highest BCUT2D eigenvalue weighted by Crippen LogP contribution is 2.38. The molecule has 0 heterocycles. The average molecular weight is 326 g/mol. The molecule has 0 aliphatic heterocycles. The maximum absolute atomic E-state index is 12.0. The maximum Gasteiger partial charge on any atom is 0.407 e. The molecule has 23 heavy (non-hydrogen) atoms. The number of alkyl carbamates (subject to hydrolysis) is 1. The van der Waals surface area contributed by atoms with E-state index < -0.39 is 5.60 Å². The summed E-state index contributed by atoms with van der Waals surface area (Å²) in [6, 6.07) is 0.785. The van der Waals surface area contributed by atoms with Gasteiger partial charge in [0.1, 0.15) is 5.60 Å². The van der Waals surface area contributed by atoms with Gasteiger partial charge in [-0.1, -0.05) is 13.8 Å². The van der Waals surface area contributed by atoms with Crippen LogP contribution < -0.4 is 10.6 Å². The number of carbonyl (C=O) groups excluding carboxylic acids is 1. The van der Waals surface area contributed by atoms with Gasteiger partial charge in [-0.05, 0) is 58.8 Å². The number of hydrogen-bond acceptors (Lipinski definition) is 4. The number of rotatable bonds is 5. The summed E-state index contributed by atoms with van der Waals surface area (Å²) in [6.45, 7) is 13.0. The Bertz CT molecular complexity index is 417. The SMILES string of the molecule is CCOC1CC(NC(=O)OC(C)(C)C)C1NC1CCC(C)(C)C1.